The third kappa shape index (κ3) is 7.63. The lowest BCUT2D eigenvalue weighted by molar-refractivity contribution is 0.0472. The highest BCUT2D eigenvalue weighted by Crippen LogP contribution is 2.16. The van der Waals surface area contributed by atoms with Crippen molar-refractivity contribution in [3.63, 3.8) is 0 Å². The van der Waals surface area contributed by atoms with E-state index < -0.39 is 0 Å². The molecule has 1 aromatic rings. The summed E-state index contributed by atoms with van der Waals surface area (Å²) in [6.45, 7) is 14.0. The predicted octanol–water partition coefficient (Wildman–Crippen LogP) is 4.74. The Labute approximate surface area is 131 Å². The van der Waals surface area contributed by atoms with Crippen molar-refractivity contribution in [1.29, 1.82) is 0 Å². The average Bonchev–Trinajstić information content (AvgIpc) is 2.45. The fourth-order valence-electron chi connectivity index (χ4n) is 2.38. The number of ether oxygens (including phenoxy) is 1. The summed E-state index contributed by atoms with van der Waals surface area (Å²) in [5.74, 6) is 1.26. The summed E-state index contributed by atoms with van der Waals surface area (Å²) in [6, 6.07) is 8.88. The Hall–Kier alpha value is -0.860. The fraction of sp³-hybridized carbons (Fsp3) is 0.684. The maximum atomic E-state index is 5.85. The van der Waals surface area contributed by atoms with Crippen LogP contribution < -0.4 is 5.32 Å². The summed E-state index contributed by atoms with van der Waals surface area (Å²) < 4.78 is 5.85. The van der Waals surface area contributed by atoms with Gasteiger partial charge >= 0.3 is 0 Å². The van der Waals surface area contributed by atoms with Gasteiger partial charge < -0.3 is 10.1 Å². The molecule has 0 amide bonds. The first kappa shape index (κ1) is 18.2. The Morgan fingerprint density at radius 2 is 1.67 bits per heavy atom. The van der Waals surface area contributed by atoms with Crippen LogP contribution in [0.4, 0.5) is 0 Å². The molecule has 1 rings (SSSR count). The smallest absolute Gasteiger partial charge is 0.0720 e. The highest BCUT2D eigenvalue weighted by atomic mass is 16.5. The van der Waals surface area contributed by atoms with Crippen LogP contribution >= 0.6 is 0 Å². The lowest BCUT2D eigenvalue weighted by Gasteiger charge is -2.15. The van der Waals surface area contributed by atoms with Crippen LogP contribution in [0.2, 0.25) is 0 Å². The monoisotopic (exact) mass is 291 g/mol. The molecule has 120 valence electrons. The second kappa shape index (κ2) is 9.97. The molecule has 21 heavy (non-hydrogen) atoms. The first-order valence-electron chi connectivity index (χ1n) is 8.44. The van der Waals surface area contributed by atoms with E-state index in [2.05, 4.69) is 64.2 Å². The minimum absolute atomic E-state index is 0.355. The SMILES string of the molecule is CCCC(C)OCc1ccc(C(C)CNCC(C)C)cc1. The molecule has 0 heterocycles. The van der Waals surface area contributed by atoms with Gasteiger partial charge in [0.2, 0.25) is 0 Å². The molecule has 2 unspecified atom stereocenters. The van der Waals surface area contributed by atoms with E-state index in [1.54, 1.807) is 0 Å². The zero-order chi connectivity index (χ0) is 15.7. The molecule has 1 N–H and O–H groups in total. The summed E-state index contributed by atoms with van der Waals surface area (Å²) in [4.78, 5) is 0. The van der Waals surface area contributed by atoms with Crippen molar-refractivity contribution in [2.75, 3.05) is 13.1 Å². The van der Waals surface area contributed by atoms with E-state index >= 15 is 0 Å². The maximum absolute atomic E-state index is 5.85. The molecule has 2 nitrogen and oxygen atoms in total. The van der Waals surface area contributed by atoms with Crippen molar-refractivity contribution < 1.29 is 4.74 Å². The summed E-state index contributed by atoms with van der Waals surface area (Å²) in [5.41, 5.74) is 2.67. The van der Waals surface area contributed by atoms with Crippen LogP contribution in [0.15, 0.2) is 24.3 Å². The van der Waals surface area contributed by atoms with Crippen LogP contribution in [0.25, 0.3) is 0 Å². The van der Waals surface area contributed by atoms with Gasteiger partial charge in [-0.1, -0.05) is 58.4 Å². The Morgan fingerprint density at radius 3 is 2.24 bits per heavy atom. The first-order valence-corrected chi connectivity index (χ1v) is 8.44. The van der Waals surface area contributed by atoms with Crippen LogP contribution in [0.3, 0.4) is 0 Å². The van der Waals surface area contributed by atoms with E-state index in [1.807, 2.05) is 0 Å². The number of rotatable bonds is 10. The molecule has 0 spiro atoms. The van der Waals surface area contributed by atoms with Crippen molar-refractivity contribution in [3.8, 4) is 0 Å². The Morgan fingerprint density at radius 1 is 1.00 bits per heavy atom. The average molecular weight is 291 g/mol. The summed E-state index contributed by atoms with van der Waals surface area (Å²) >= 11 is 0. The normalized spacial score (nSPS) is 14.4. The number of benzene rings is 1. The highest BCUT2D eigenvalue weighted by Gasteiger charge is 2.06. The minimum atomic E-state index is 0.355. The van der Waals surface area contributed by atoms with Gasteiger partial charge in [-0.3, -0.25) is 0 Å². The van der Waals surface area contributed by atoms with E-state index in [-0.39, 0.29) is 0 Å². The summed E-state index contributed by atoms with van der Waals surface area (Å²) in [6.07, 6.45) is 2.67. The molecule has 1 aromatic carbocycles. The van der Waals surface area contributed by atoms with Gasteiger partial charge in [-0.25, -0.2) is 0 Å². The second-order valence-corrected chi connectivity index (χ2v) is 6.61. The molecule has 0 aliphatic carbocycles. The van der Waals surface area contributed by atoms with Gasteiger partial charge in [-0.2, -0.15) is 0 Å². The third-order valence-electron chi connectivity index (χ3n) is 3.78. The number of hydrogen-bond donors (Lipinski definition) is 1. The van der Waals surface area contributed by atoms with Crippen LogP contribution in [0.5, 0.6) is 0 Å². The van der Waals surface area contributed by atoms with E-state index in [9.17, 15) is 0 Å². The zero-order valence-electron chi connectivity index (χ0n) is 14.5. The maximum Gasteiger partial charge on any atom is 0.0720 e. The molecule has 2 atom stereocenters. The quantitative estimate of drug-likeness (QED) is 0.672. The van der Waals surface area contributed by atoms with Crippen LogP contribution in [0.1, 0.15) is 64.5 Å². The molecule has 2 heteroatoms. The zero-order valence-corrected chi connectivity index (χ0v) is 14.5. The van der Waals surface area contributed by atoms with Gasteiger partial charge in [0.1, 0.15) is 0 Å². The fourth-order valence-corrected chi connectivity index (χ4v) is 2.38. The predicted molar refractivity (Wildman–Crippen MR) is 91.7 cm³/mol. The Bertz CT molecular complexity index is 372. The van der Waals surface area contributed by atoms with Gasteiger partial charge in [0.25, 0.3) is 0 Å². The lowest BCUT2D eigenvalue weighted by Crippen LogP contribution is -2.24. The van der Waals surface area contributed by atoms with Crippen molar-refractivity contribution in [3.05, 3.63) is 35.4 Å². The molecule has 0 saturated heterocycles. The van der Waals surface area contributed by atoms with Gasteiger partial charge in [-0.05, 0) is 42.9 Å². The summed E-state index contributed by atoms with van der Waals surface area (Å²) in [5, 5.41) is 3.53. The molecule has 0 aliphatic heterocycles. The first-order chi connectivity index (χ1) is 10.0. The second-order valence-electron chi connectivity index (χ2n) is 6.61. The molecular weight excluding hydrogens is 258 g/mol. The summed E-state index contributed by atoms with van der Waals surface area (Å²) in [7, 11) is 0. The largest absolute Gasteiger partial charge is 0.374 e. The lowest BCUT2D eigenvalue weighted by atomic mass is 9.99. The van der Waals surface area contributed by atoms with Crippen LogP contribution in [-0.2, 0) is 11.3 Å². The molecule has 0 radical (unpaired) electrons. The van der Waals surface area contributed by atoms with E-state index in [0.29, 0.717) is 17.9 Å². The van der Waals surface area contributed by atoms with E-state index in [0.717, 1.165) is 26.1 Å². The molecule has 0 saturated carbocycles. The molecule has 0 bridgehead atoms. The van der Waals surface area contributed by atoms with Gasteiger partial charge in [0.05, 0.1) is 12.7 Å². The van der Waals surface area contributed by atoms with Crippen molar-refractivity contribution >= 4 is 0 Å². The van der Waals surface area contributed by atoms with E-state index in [4.69, 9.17) is 4.74 Å². The Kier molecular flexibility index (Phi) is 8.63. The number of nitrogens with one attached hydrogen (secondary N) is 1. The number of hydrogen-bond acceptors (Lipinski definition) is 2. The topological polar surface area (TPSA) is 21.3 Å². The van der Waals surface area contributed by atoms with Gasteiger partial charge in [0.15, 0.2) is 0 Å². The highest BCUT2D eigenvalue weighted by molar-refractivity contribution is 5.24. The van der Waals surface area contributed by atoms with Crippen LogP contribution in [-0.4, -0.2) is 19.2 Å². The molecule has 0 aliphatic rings. The standard InChI is InChI=1S/C19H33NO/c1-6-7-17(5)21-14-18-8-10-19(11-9-18)16(4)13-20-12-15(2)3/h8-11,15-17,20H,6-7,12-14H2,1-5H3. The van der Waals surface area contributed by atoms with Crippen molar-refractivity contribution in [2.24, 2.45) is 5.92 Å². The Balaban J connectivity index is 2.38. The van der Waals surface area contributed by atoms with Gasteiger partial charge in [0, 0.05) is 6.54 Å². The minimum Gasteiger partial charge on any atom is -0.374 e. The van der Waals surface area contributed by atoms with E-state index in [1.165, 1.54) is 17.5 Å². The van der Waals surface area contributed by atoms with Crippen LogP contribution in [0, 0.1) is 5.92 Å². The van der Waals surface area contributed by atoms with Crippen molar-refractivity contribution in [2.45, 2.75) is 66.1 Å². The van der Waals surface area contributed by atoms with Gasteiger partial charge in [-0.15, -0.1) is 0 Å². The molecular formula is C19H33NO. The molecule has 0 fully saturated rings. The third-order valence-corrected chi connectivity index (χ3v) is 3.78. The van der Waals surface area contributed by atoms with Crippen molar-refractivity contribution in [1.82, 2.24) is 5.32 Å². The molecule has 0 aromatic heterocycles.